The van der Waals surface area contributed by atoms with Crippen molar-refractivity contribution in [3.8, 4) is 11.3 Å². The summed E-state index contributed by atoms with van der Waals surface area (Å²) in [6.45, 7) is 6.49. The molecule has 2 heterocycles. The minimum Gasteiger partial charge on any atom is -0.383 e. The highest BCUT2D eigenvalue weighted by Crippen LogP contribution is 2.42. The molecule has 6 nitrogen and oxygen atoms in total. The molecule has 2 aliphatic rings. The molecule has 0 bridgehead atoms. The van der Waals surface area contributed by atoms with Gasteiger partial charge in [0.1, 0.15) is 11.6 Å². The van der Waals surface area contributed by atoms with Gasteiger partial charge in [-0.3, -0.25) is 4.90 Å². The van der Waals surface area contributed by atoms with Crippen molar-refractivity contribution in [2.75, 3.05) is 58.3 Å². The van der Waals surface area contributed by atoms with E-state index in [1.165, 1.54) is 12.1 Å². The molecule has 8 heteroatoms. The molecular formula is C33H35F2N5O. The molecule has 0 amide bonds. The van der Waals surface area contributed by atoms with Crippen molar-refractivity contribution in [1.29, 1.82) is 0 Å². The van der Waals surface area contributed by atoms with E-state index in [0.717, 1.165) is 73.9 Å². The Bertz CT molecular complexity index is 1500. The fourth-order valence-corrected chi connectivity index (χ4v) is 5.94. The quantitative estimate of drug-likeness (QED) is 0.288. The van der Waals surface area contributed by atoms with Gasteiger partial charge in [-0.1, -0.05) is 42.5 Å². The number of rotatable bonds is 9. The van der Waals surface area contributed by atoms with E-state index in [9.17, 15) is 8.78 Å². The maximum atomic E-state index is 14.8. The molecule has 1 aliphatic carbocycles. The Morgan fingerprint density at radius 2 is 1.61 bits per heavy atom. The maximum absolute atomic E-state index is 14.8. The first-order valence-electron chi connectivity index (χ1n) is 14.3. The number of fused-ring (bicyclic) bond motifs is 3. The lowest BCUT2D eigenvalue weighted by molar-refractivity contribution is 0.0974. The summed E-state index contributed by atoms with van der Waals surface area (Å²) in [4.78, 5) is 14.2. The number of aromatic nitrogens is 2. The van der Waals surface area contributed by atoms with Gasteiger partial charge in [-0.15, -0.1) is 0 Å². The molecule has 4 aromatic rings. The molecule has 41 heavy (non-hydrogen) atoms. The van der Waals surface area contributed by atoms with Crippen molar-refractivity contribution in [3.63, 3.8) is 0 Å². The molecule has 0 unspecified atom stereocenters. The fraction of sp³-hybridized carbons (Fsp3) is 0.333. The highest BCUT2D eigenvalue weighted by atomic mass is 19.1. The van der Waals surface area contributed by atoms with Crippen LogP contribution in [0.25, 0.3) is 11.3 Å². The monoisotopic (exact) mass is 555 g/mol. The normalized spacial score (nSPS) is 17.2. The molecule has 0 saturated carbocycles. The van der Waals surface area contributed by atoms with Gasteiger partial charge >= 0.3 is 0 Å². The van der Waals surface area contributed by atoms with Crippen LogP contribution in [0.4, 0.5) is 20.4 Å². The average Bonchev–Trinajstić information content (AvgIpc) is 3.01. The first kappa shape index (κ1) is 27.4. The number of piperazine rings is 1. The smallest absolute Gasteiger partial charge is 0.227 e. The van der Waals surface area contributed by atoms with Gasteiger partial charge in [-0.05, 0) is 59.4 Å². The maximum Gasteiger partial charge on any atom is 0.227 e. The van der Waals surface area contributed by atoms with E-state index < -0.39 is 0 Å². The second kappa shape index (κ2) is 12.4. The van der Waals surface area contributed by atoms with Crippen LogP contribution >= 0.6 is 0 Å². The Kier molecular flexibility index (Phi) is 8.32. The molecule has 0 radical (unpaired) electrons. The predicted octanol–water partition coefficient (Wildman–Crippen LogP) is 5.66. The topological polar surface area (TPSA) is 53.5 Å². The van der Waals surface area contributed by atoms with Gasteiger partial charge in [0.05, 0.1) is 12.3 Å². The van der Waals surface area contributed by atoms with E-state index in [-0.39, 0.29) is 17.6 Å². The lowest BCUT2D eigenvalue weighted by atomic mass is 9.78. The second-order valence-corrected chi connectivity index (χ2v) is 10.8. The second-order valence-electron chi connectivity index (χ2n) is 10.8. The number of nitrogens with one attached hydrogen (secondary N) is 1. The van der Waals surface area contributed by atoms with Crippen LogP contribution in [0, 0.1) is 11.6 Å². The Morgan fingerprint density at radius 1 is 0.878 bits per heavy atom. The van der Waals surface area contributed by atoms with E-state index in [0.29, 0.717) is 29.9 Å². The van der Waals surface area contributed by atoms with Gasteiger partial charge < -0.3 is 15.0 Å². The molecule has 1 N–H and O–H groups in total. The minimum atomic E-state index is -0.202. The number of nitrogens with zero attached hydrogens (tertiary/aromatic N) is 4. The highest BCUT2D eigenvalue weighted by Gasteiger charge is 2.29. The van der Waals surface area contributed by atoms with E-state index in [1.807, 2.05) is 42.6 Å². The summed E-state index contributed by atoms with van der Waals surface area (Å²) in [5.74, 6) is -0.0527. The number of hydrogen-bond acceptors (Lipinski definition) is 6. The van der Waals surface area contributed by atoms with Gasteiger partial charge in [0.25, 0.3) is 0 Å². The van der Waals surface area contributed by atoms with Crippen molar-refractivity contribution in [1.82, 2.24) is 19.8 Å². The average molecular weight is 556 g/mol. The van der Waals surface area contributed by atoms with Crippen LogP contribution in [0.2, 0.25) is 0 Å². The number of benzene rings is 3. The third-order valence-corrected chi connectivity index (χ3v) is 8.24. The van der Waals surface area contributed by atoms with Crippen LogP contribution in [0.1, 0.15) is 28.2 Å². The number of hydrogen-bond donors (Lipinski definition) is 1. The zero-order valence-electron chi connectivity index (χ0n) is 23.3. The first-order valence-corrected chi connectivity index (χ1v) is 14.3. The summed E-state index contributed by atoms with van der Waals surface area (Å²) in [6.07, 6.45) is 3.08. The largest absolute Gasteiger partial charge is 0.383 e. The zero-order valence-corrected chi connectivity index (χ0v) is 23.3. The summed E-state index contributed by atoms with van der Waals surface area (Å²) in [6, 6.07) is 20.1. The minimum absolute atomic E-state index is 0.102. The lowest BCUT2D eigenvalue weighted by Gasteiger charge is -2.34. The summed E-state index contributed by atoms with van der Waals surface area (Å²) in [5.41, 5.74) is 5.96. The number of anilines is 2. The van der Waals surface area contributed by atoms with Crippen molar-refractivity contribution >= 4 is 11.6 Å². The summed E-state index contributed by atoms with van der Waals surface area (Å²) in [7, 11) is 1.73. The molecule has 1 fully saturated rings. The van der Waals surface area contributed by atoms with Crippen molar-refractivity contribution < 1.29 is 13.5 Å². The van der Waals surface area contributed by atoms with Crippen molar-refractivity contribution in [2.24, 2.45) is 0 Å². The van der Waals surface area contributed by atoms with Crippen LogP contribution in [0.3, 0.4) is 0 Å². The molecule has 6 rings (SSSR count). The predicted molar refractivity (Wildman–Crippen MR) is 158 cm³/mol. The van der Waals surface area contributed by atoms with Gasteiger partial charge in [-0.2, -0.15) is 0 Å². The van der Waals surface area contributed by atoms with E-state index in [1.54, 1.807) is 19.2 Å². The molecule has 0 spiro atoms. The number of methoxy groups -OCH3 is 1. The standard InChI is InChI=1S/C33H35F2N5O/c1-41-19-18-40-16-14-39(15-17-40)13-12-23-20-25(10-11-30(23)34)37-33-36-22-24-21-29(27-7-4-5-9-31(27)35)26-6-2-3-8-28(26)32(24)38-33/h2-11,20,22,29H,12-19,21H2,1H3,(H,36,37,38)/t29-/m1/s1. The van der Waals surface area contributed by atoms with Crippen LogP contribution in [0.15, 0.2) is 72.9 Å². The molecular weight excluding hydrogens is 520 g/mol. The fourth-order valence-electron chi connectivity index (χ4n) is 5.94. The first-order chi connectivity index (χ1) is 20.1. The molecule has 3 aromatic carbocycles. The Morgan fingerprint density at radius 3 is 2.39 bits per heavy atom. The SMILES string of the molecule is COCCN1CCN(CCc2cc(Nc3ncc4c(n3)-c3ccccc3[C@H](c3ccccc3F)C4)ccc2F)CC1. The molecule has 1 atom stereocenters. The Labute approximate surface area is 240 Å². The Hall–Kier alpha value is -3.72. The molecule has 1 aromatic heterocycles. The molecule has 212 valence electrons. The van der Waals surface area contributed by atoms with Crippen LogP contribution in [-0.4, -0.2) is 72.8 Å². The van der Waals surface area contributed by atoms with Crippen molar-refractivity contribution in [3.05, 3.63) is 107 Å². The van der Waals surface area contributed by atoms with Crippen LogP contribution < -0.4 is 5.32 Å². The number of halogens is 2. The van der Waals surface area contributed by atoms with Gasteiger partial charge in [0.15, 0.2) is 0 Å². The Balaban J connectivity index is 1.16. The van der Waals surface area contributed by atoms with Crippen LogP contribution in [0.5, 0.6) is 0 Å². The third kappa shape index (κ3) is 6.15. The summed E-state index contributed by atoms with van der Waals surface area (Å²) >= 11 is 0. The molecule has 1 aliphatic heterocycles. The molecule has 1 saturated heterocycles. The summed E-state index contributed by atoms with van der Waals surface area (Å²) in [5, 5.41) is 3.29. The van der Waals surface area contributed by atoms with E-state index >= 15 is 0 Å². The van der Waals surface area contributed by atoms with E-state index in [4.69, 9.17) is 9.72 Å². The van der Waals surface area contributed by atoms with Gasteiger partial charge in [0, 0.05) is 69.7 Å². The lowest BCUT2D eigenvalue weighted by Crippen LogP contribution is -2.47. The number of ether oxygens (including phenoxy) is 1. The van der Waals surface area contributed by atoms with Crippen LogP contribution in [-0.2, 0) is 17.6 Å². The van der Waals surface area contributed by atoms with Crippen molar-refractivity contribution in [2.45, 2.75) is 18.8 Å². The van der Waals surface area contributed by atoms with Gasteiger partial charge in [-0.25, -0.2) is 18.7 Å². The third-order valence-electron chi connectivity index (χ3n) is 8.24. The van der Waals surface area contributed by atoms with Gasteiger partial charge in [0.2, 0.25) is 5.95 Å². The highest BCUT2D eigenvalue weighted by molar-refractivity contribution is 5.73. The van der Waals surface area contributed by atoms with E-state index in [2.05, 4.69) is 26.2 Å². The zero-order chi connectivity index (χ0) is 28.2. The summed E-state index contributed by atoms with van der Waals surface area (Å²) < 4.78 is 34.7.